The molecule has 0 spiro atoms. The van der Waals surface area contributed by atoms with Gasteiger partial charge >= 0.3 is 29.6 Å². The molecule has 2 rings (SSSR count). The van der Waals surface area contributed by atoms with E-state index >= 15 is 0 Å². The predicted octanol–water partition coefficient (Wildman–Crippen LogP) is 2.59. The zero-order chi connectivity index (χ0) is 9.10. The number of ether oxygens (including phenoxy) is 1. The zero-order valence-corrected chi connectivity index (χ0v) is 7.66. The first-order valence-electron chi connectivity index (χ1n) is 4.52. The van der Waals surface area contributed by atoms with Crippen molar-refractivity contribution in [1.29, 1.82) is 0 Å². The molecule has 0 fully saturated rings. The molecule has 0 saturated carbocycles. The van der Waals surface area contributed by atoms with E-state index in [0.717, 1.165) is 5.75 Å². The Kier molecular flexibility index (Phi) is 4.46. The third kappa shape index (κ3) is 2.30. The zero-order valence-electron chi connectivity index (χ0n) is 7.66. The Morgan fingerprint density at radius 2 is 1.71 bits per heavy atom. The van der Waals surface area contributed by atoms with E-state index in [0.29, 0.717) is 6.61 Å². The molecule has 68 valence electrons. The summed E-state index contributed by atoms with van der Waals surface area (Å²) >= 11 is 0. The van der Waals surface area contributed by atoms with Crippen LogP contribution in [0.15, 0.2) is 42.5 Å². The van der Waals surface area contributed by atoms with E-state index in [2.05, 4.69) is 18.2 Å². The van der Waals surface area contributed by atoms with Crippen molar-refractivity contribution in [3.63, 3.8) is 0 Å². The van der Waals surface area contributed by atoms with Crippen LogP contribution in [0, 0.1) is 0 Å². The average Bonchev–Trinajstić information content (AvgIpc) is 2.19. The molecule has 0 atom stereocenters. The van der Waals surface area contributed by atoms with E-state index < -0.39 is 0 Å². The second-order valence-corrected chi connectivity index (χ2v) is 2.91. The average molecular weight is 196 g/mol. The van der Waals surface area contributed by atoms with Crippen LogP contribution in [0.4, 0.5) is 0 Å². The molecule has 0 aromatic heterocycles. The number of hydrogen-bond donors (Lipinski definition) is 0. The molecular weight excluding hydrogens is 183 g/mol. The monoisotopic (exact) mass is 196 g/mol. The third-order valence-electron chi connectivity index (χ3n) is 2.05. The van der Waals surface area contributed by atoms with Crippen molar-refractivity contribution >= 4 is 40.3 Å². The van der Waals surface area contributed by atoms with Gasteiger partial charge in [0.1, 0.15) is 5.75 Å². The van der Waals surface area contributed by atoms with Crippen molar-refractivity contribution in [3.8, 4) is 5.75 Å². The first-order valence-corrected chi connectivity index (χ1v) is 4.52. The van der Waals surface area contributed by atoms with Crippen molar-refractivity contribution in [2.24, 2.45) is 0 Å². The maximum absolute atomic E-state index is 5.52. The molecule has 14 heavy (non-hydrogen) atoms. The molecule has 0 unspecified atom stereocenters. The van der Waals surface area contributed by atoms with Gasteiger partial charge in [-0.15, -0.1) is 0 Å². The van der Waals surface area contributed by atoms with Crippen molar-refractivity contribution in [1.82, 2.24) is 0 Å². The van der Waals surface area contributed by atoms with Gasteiger partial charge in [0.15, 0.2) is 0 Å². The Balaban J connectivity index is 0.000000980. The molecule has 0 aliphatic rings. The van der Waals surface area contributed by atoms with E-state index in [1.54, 1.807) is 0 Å². The molecule has 0 bridgehead atoms. The summed E-state index contributed by atoms with van der Waals surface area (Å²) in [5, 5.41) is 2.42. The van der Waals surface area contributed by atoms with Crippen LogP contribution >= 0.6 is 0 Å². The summed E-state index contributed by atoms with van der Waals surface area (Å²) in [6, 6.07) is 14.4. The van der Waals surface area contributed by atoms with Gasteiger partial charge in [-0.2, -0.15) is 0 Å². The quantitative estimate of drug-likeness (QED) is 0.671. The minimum atomic E-state index is 0. The number of fused-ring (bicyclic) bond motifs is 1. The fourth-order valence-corrected chi connectivity index (χ4v) is 1.48. The molecule has 0 aliphatic heterocycles. The molecule has 1 nitrogen and oxygen atoms in total. The second kappa shape index (κ2) is 5.40. The molecule has 2 aromatic carbocycles. The van der Waals surface area contributed by atoms with Crippen LogP contribution in [0.2, 0.25) is 0 Å². The van der Waals surface area contributed by atoms with Gasteiger partial charge in [-0.25, -0.2) is 0 Å². The molecule has 0 N–H and O–H groups in total. The van der Waals surface area contributed by atoms with Crippen LogP contribution in [-0.4, -0.2) is 36.2 Å². The number of hydrogen-bond acceptors (Lipinski definition) is 1. The molecule has 2 heteroatoms. The van der Waals surface area contributed by atoms with Gasteiger partial charge in [-0.3, -0.25) is 0 Å². The van der Waals surface area contributed by atoms with E-state index in [1.165, 1.54) is 10.8 Å². The summed E-state index contributed by atoms with van der Waals surface area (Å²) in [7, 11) is 0. The van der Waals surface area contributed by atoms with Gasteiger partial charge in [0.2, 0.25) is 0 Å². The van der Waals surface area contributed by atoms with Crippen molar-refractivity contribution in [3.05, 3.63) is 42.5 Å². The molecule has 2 aromatic rings. The van der Waals surface area contributed by atoms with E-state index in [9.17, 15) is 0 Å². The van der Waals surface area contributed by atoms with E-state index in [4.69, 9.17) is 4.74 Å². The Morgan fingerprint density at radius 3 is 2.50 bits per heavy atom. The maximum atomic E-state index is 5.52. The summed E-state index contributed by atoms with van der Waals surface area (Å²) in [4.78, 5) is 0. The Bertz CT molecular complexity index is 406. The SMILES string of the molecule is CCOc1cccc2ccccc12.[NaH]. The van der Waals surface area contributed by atoms with Gasteiger partial charge in [0, 0.05) is 5.39 Å². The summed E-state index contributed by atoms with van der Waals surface area (Å²) in [6.45, 7) is 2.72. The third-order valence-corrected chi connectivity index (χ3v) is 2.05. The fraction of sp³-hybridized carbons (Fsp3) is 0.167. The molecule has 0 aliphatic carbocycles. The van der Waals surface area contributed by atoms with Gasteiger partial charge < -0.3 is 4.74 Å². The minimum absolute atomic E-state index is 0. The Morgan fingerprint density at radius 1 is 1.00 bits per heavy atom. The number of benzene rings is 2. The summed E-state index contributed by atoms with van der Waals surface area (Å²) in [5.41, 5.74) is 0. The molecule has 0 radical (unpaired) electrons. The van der Waals surface area contributed by atoms with Crippen LogP contribution in [0.3, 0.4) is 0 Å². The Labute approximate surface area is 106 Å². The molecule has 0 amide bonds. The van der Waals surface area contributed by atoms with Crippen molar-refractivity contribution in [2.45, 2.75) is 6.92 Å². The number of rotatable bonds is 2. The molecular formula is C12H13NaO. The van der Waals surface area contributed by atoms with Crippen molar-refractivity contribution < 1.29 is 4.74 Å². The summed E-state index contributed by atoms with van der Waals surface area (Å²) in [6.07, 6.45) is 0. The van der Waals surface area contributed by atoms with Crippen molar-refractivity contribution in [2.75, 3.05) is 6.61 Å². The van der Waals surface area contributed by atoms with Gasteiger partial charge in [-0.05, 0) is 18.4 Å². The summed E-state index contributed by atoms with van der Waals surface area (Å²) < 4.78 is 5.52. The van der Waals surface area contributed by atoms with Crippen LogP contribution in [0.5, 0.6) is 5.75 Å². The fourth-order valence-electron chi connectivity index (χ4n) is 1.48. The Hall–Kier alpha value is -0.500. The first kappa shape index (κ1) is 11.6. The van der Waals surface area contributed by atoms with Crippen LogP contribution < -0.4 is 4.74 Å². The first-order chi connectivity index (χ1) is 6.42. The van der Waals surface area contributed by atoms with Gasteiger partial charge in [0.25, 0.3) is 0 Å². The van der Waals surface area contributed by atoms with Gasteiger partial charge in [-0.1, -0.05) is 36.4 Å². The van der Waals surface area contributed by atoms with E-state index in [-0.39, 0.29) is 29.6 Å². The van der Waals surface area contributed by atoms with Gasteiger partial charge in [0.05, 0.1) is 6.61 Å². The predicted molar refractivity (Wildman–Crippen MR) is 62.3 cm³/mol. The van der Waals surface area contributed by atoms with Crippen LogP contribution in [0.1, 0.15) is 6.92 Å². The van der Waals surface area contributed by atoms with Crippen LogP contribution in [0.25, 0.3) is 10.8 Å². The van der Waals surface area contributed by atoms with Crippen LogP contribution in [-0.2, 0) is 0 Å². The standard InChI is InChI=1S/C12H12O.Na.H/c1-2-13-12-9-5-7-10-6-3-4-8-11(10)12;;/h3-9H,2H2,1H3;;. The topological polar surface area (TPSA) is 9.23 Å². The molecule has 0 heterocycles. The second-order valence-electron chi connectivity index (χ2n) is 2.91. The van der Waals surface area contributed by atoms with E-state index in [1.807, 2.05) is 31.2 Å². The molecule has 0 saturated heterocycles. The summed E-state index contributed by atoms with van der Waals surface area (Å²) in [5.74, 6) is 0.973. The normalized spacial score (nSPS) is 9.50.